The number of nitrogens with one attached hydrogen (secondary N) is 3. The molecule has 0 aliphatic carbocycles. The number of hydrogen-bond donors (Lipinski definition) is 3. The number of nitrogens with zero attached hydrogens (tertiary/aromatic N) is 1. The molecule has 0 bridgehead atoms. The summed E-state index contributed by atoms with van der Waals surface area (Å²) in [5.74, 6) is 0.143. The Bertz CT molecular complexity index is 578. The van der Waals surface area contributed by atoms with Crippen molar-refractivity contribution in [3.8, 4) is 0 Å². The Morgan fingerprint density at radius 3 is 2.92 bits per heavy atom. The Balaban J connectivity index is 1.48. The summed E-state index contributed by atoms with van der Waals surface area (Å²) in [5, 5.41) is 9.24. The van der Waals surface area contributed by atoms with Crippen LogP contribution in [0.1, 0.15) is 24.8 Å². The Hall–Kier alpha value is -1.92. The highest BCUT2D eigenvalue weighted by Gasteiger charge is 2.40. The normalized spacial score (nSPS) is 27.2. The molecule has 24 heavy (non-hydrogen) atoms. The number of fused-ring (bicyclic) bond motifs is 1. The van der Waals surface area contributed by atoms with E-state index < -0.39 is 0 Å². The number of carbonyl (C=O) groups is 2. The van der Waals surface area contributed by atoms with Crippen molar-refractivity contribution >= 4 is 11.8 Å². The molecule has 2 amide bonds. The first-order valence-corrected chi connectivity index (χ1v) is 8.69. The number of amides is 2. The average Bonchev–Trinajstić information content (AvgIpc) is 3.06. The van der Waals surface area contributed by atoms with Crippen LogP contribution in [-0.2, 0) is 16.1 Å². The van der Waals surface area contributed by atoms with Gasteiger partial charge in [-0.15, -0.1) is 0 Å². The minimum Gasteiger partial charge on any atom is -0.353 e. The maximum absolute atomic E-state index is 12.1. The molecular weight excluding hydrogens is 304 g/mol. The maximum Gasteiger partial charge on any atom is 0.238 e. The molecule has 6 heteroatoms. The molecule has 0 saturated carbocycles. The predicted octanol–water partition coefficient (Wildman–Crippen LogP) is 0.244. The minimum atomic E-state index is -0.119. The summed E-state index contributed by atoms with van der Waals surface area (Å²) in [4.78, 5) is 26.5. The molecule has 2 fully saturated rings. The van der Waals surface area contributed by atoms with E-state index in [1.165, 1.54) is 0 Å². The van der Waals surface area contributed by atoms with Crippen molar-refractivity contribution < 1.29 is 9.59 Å². The minimum absolute atomic E-state index is 0.0592. The summed E-state index contributed by atoms with van der Waals surface area (Å²) >= 11 is 0. The van der Waals surface area contributed by atoms with Gasteiger partial charge in [-0.1, -0.05) is 30.3 Å². The second-order valence-corrected chi connectivity index (χ2v) is 6.65. The van der Waals surface area contributed by atoms with Crippen LogP contribution in [-0.4, -0.2) is 55.0 Å². The van der Waals surface area contributed by atoms with Gasteiger partial charge in [0, 0.05) is 31.6 Å². The first-order chi connectivity index (χ1) is 11.6. The fourth-order valence-electron chi connectivity index (χ4n) is 3.63. The lowest BCUT2D eigenvalue weighted by Gasteiger charge is -2.31. The van der Waals surface area contributed by atoms with Crippen molar-refractivity contribution in [2.45, 2.75) is 43.9 Å². The van der Waals surface area contributed by atoms with Crippen LogP contribution in [0.25, 0.3) is 0 Å². The third-order valence-corrected chi connectivity index (χ3v) is 5.12. The summed E-state index contributed by atoms with van der Waals surface area (Å²) in [7, 11) is 2.07. The van der Waals surface area contributed by atoms with Gasteiger partial charge in [0.2, 0.25) is 11.8 Å². The van der Waals surface area contributed by atoms with E-state index in [2.05, 4.69) is 27.9 Å². The Morgan fingerprint density at radius 1 is 1.33 bits per heavy atom. The summed E-state index contributed by atoms with van der Waals surface area (Å²) in [6.45, 7) is 2.04. The maximum atomic E-state index is 12.1. The first-order valence-electron chi connectivity index (χ1n) is 8.69. The molecule has 0 aromatic heterocycles. The summed E-state index contributed by atoms with van der Waals surface area (Å²) in [6, 6.07) is 10.2. The second kappa shape index (κ2) is 7.77. The predicted molar refractivity (Wildman–Crippen MR) is 92.3 cm³/mol. The Morgan fingerprint density at radius 2 is 2.12 bits per heavy atom. The van der Waals surface area contributed by atoms with Gasteiger partial charge >= 0.3 is 0 Å². The lowest BCUT2D eigenvalue weighted by atomic mass is 10.0. The third-order valence-electron chi connectivity index (χ3n) is 5.12. The van der Waals surface area contributed by atoms with Crippen LogP contribution in [0.3, 0.4) is 0 Å². The first kappa shape index (κ1) is 16.9. The Kier molecular flexibility index (Phi) is 5.48. The van der Waals surface area contributed by atoms with Crippen molar-refractivity contribution in [1.82, 2.24) is 20.9 Å². The van der Waals surface area contributed by atoms with Crippen LogP contribution in [0.2, 0.25) is 0 Å². The lowest BCUT2D eigenvalue weighted by Crippen LogP contribution is -2.48. The topological polar surface area (TPSA) is 73.5 Å². The van der Waals surface area contributed by atoms with E-state index in [1.54, 1.807) is 0 Å². The fourth-order valence-corrected chi connectivity index (χ4v) is 3.63. The number of carbonyl (C=O) groups excluding carboxylic acids is 2. The number of likely N-dealkylation sites (N-methyl/N-ethyl adjacent to an activating group) is 1. The smallest absolute Gasteiger partial charge is 0.238 e. The summed E-state index contributed by atoms with van der Waals surface area (Å²) in [6.07, 6.45) is 2.20. The molecule has 0 unspecified atom stereocenters. The molecule has 3 atom stereocenters. The molecule has 1 aromatic carbocycles. The molecule has 2 heterocycles. The van der Waals surface area contributed by atoms with Gasteiger partial charge in [0.15, 0.2) is 0 Å². The van der Waals surface area contributed by atoms with Gasteiger partial charge in [-0.2, -0.15) is 0 Å². The zero-order valence-corrected chi connectivity index (χ0v) is 14.1. The summed E-state index contributed by atoms with van der Waals surface area (Å²) < 4.78 is 0. The van der Waals surface area contributed by atoms with Crippen molar-refractivity contribution in [3.63, 3.8) is 0 Å². The quantitative estimate of drug-likeness (QED) is 0.723. The van der Waals surface area contributed by atoms with Crippen LogP contribution >= 0.6 is 0 Å². The van der Waals surface area contributed by atoms with Gasteiger partial charge in [-0.05, 0) is 32.0 Å². The van der Waals surface area contributed by atoms with Gasteiger partial charge < -0.3 is 16.0 Å². The number of hydrogen-bond acceptors (Lipinski definition) is 4. The van der Waals surface area contributed by atoms with Crippen molar-refractivity contribution in [2.24, 2.45) is 0 Å². The number of benzene rings is 1. The van der Waals surface area contributed by atoms with Gasteiger partial charge in [-0.3, -0.25) is 14.5 Å². The largest absolute Gasteiger partial charge is 0.353 e. The fraction of sp³-hybridized carbons (Fsp3) is 0.556. The van der Waals surface area contributed by atoms with Crippen LogP contribution in [0.5, 0.6) is 0 Å². The van der Waals surface area contributed by atoms with Gasteiger partial charge in [0.1, 0.15) is 6.04 Å². The van der Waals surface area contributed by atoms with E-state index >= 15 is 0 Å². The van der Waals surface area contributed by atoms with E-state index in [9.17, 15) is 9.59 Å². The monoisotopic (exact) mass is 330 g/mol. The molecule has 3 rings (SSSR count). The highest BCUT2D eigenvalue weighted by Crippen LogP contribution is 2.21. The van der Waals surface area contributed by atoms with E-state index in [4.69, 9.17) is 0 Å². The number of rotatable bonds is 5. The van der Waals surface area contributed by atoms with E-state index in [0.29, 0.717) is 19.5 Å². The second-order valence-electron chi connectivity index (χ2n) is 6.65. The molecule has 2 saturated heterocycles. The molecule has 130 valence electrons. The zero-order chi connectivity index (χ0) is 16.9. The molecular formula is C18H26N4O2. The molecule has 1 aromatic rings. The van der Waals surface area contributed by atoms with Crippen LogP contribution in [0, 0.1) is 0 Å². The van der Waals surface area contributed by atoms with Crippen molar-refractivity contribution in [1.29, 1.82) is 0 Å². The highest BCUT2D eigenvalue weighted by molar-refractivity contribution is 5.83. The molecule has 2 aliphatic rings. The van der Waals surface area contributed by atoms with Crippen LogP contribution in [0.4, 0.5) is 0 Å². The van der Waals surface area contributed by atoms with Gasteiger partial charge in [-0.25, -0.2) is 0 Å². The molecule has 2 aliphatic heterocycles. The van der Waals surface area contributed by atoms with Gasteiger partial charge in [0.25, 0.3) is 0 Å². The van der Waals surface area contributed by atoms with Crippen molar-refractivity contribution in [3.05, 3.63) is 35.9 Å². The molecule has 3 N–H and O–H groups in total. The molecule has 0 radical (unpaired) electrons. The van der Waals surface area contributed by atoms with Crippen LogP contribution < -0.4 is 16.0 Å². The Labute approximate surface area is 143 Å². The highest BCUT2D eigenvalue weighted by atomic mass is 16.2. The standard InChI is InChI=1S/C18H26N4O2/c1-22-14(12-21-18(24)17-15(22)9-10-19-17)7-8-16(23)20-11-13-5-3-2-4-6-13/h2-6,14-15,17,19H,7-12H2,1H3,(H,20,23)(H,21,24)/t14-,15-,17-/m0/s1. The van der Waals surface area contributed by atoms with E-state index in [-0.39, 0.29) is 29.9 Å². The van der Waals surface area contributed by atoms with Crippen LogP contribution in [0.15, 0.2) is 30.3 Å². The lowest BCUT2D eigenvalue weighted by molar-refractivity contribution is -0.123. The van der Waals surface area contributed by atoms with E-state index in [0.717, 1.165) is 24.9 Å². The SMILES string of the molecule is CN1[C@@H](CCC(=O)NCc2ccccc2)CNC(=O)[C@H]2NCC[C@@H]21. The molecule has 0 spiro atoms. The average molecular weight is 330 g/mol. The van der Waals surface area contributed by atoms with Crippen molar-refractivity contribution in [2.75, 3.05) is 20.1 Å². The third kappa shape index (κ3) is 3.94. The molecule has 6 nitrogen and oxygen atoms in total. The zero-order valence-electron chi connectivity index (χ0n) is 14.1. The van der Waals surface area contributed by atoms with Gasteiger partial charge in [0.05, 0.1) is 0 Å². The summed E-state index contributed by atoms with van der Waals surface area (Å²) in [5.41, 5.74) is 1.10. The van der Waals surface area contributed by atoms with E-state index in [1.807, 2.05) is 30.3 Å².